The Hall–Kier alpha value is -3.38. The maximum Gasteiger partial charge on any atom is 0.234 e. The van der Waals surface area contributed by atoms with Gasteiger partial charge in [0, 0.05) is 17.8 Å². The van der Waals surface area contributed by atoms with Crippen molar-refractivity contribution in [2.24, 2.45) is 0 Å². The highest BCUT2D eigenvalue weighted by molar-refractivity contribution is 7.99. The van der Waals surface area contributed by atoms with Crippen LogP contribution in [0.3, 0.4) is 0 Å². The van der Waals surface area contributed by atoms with E-state index < -0.39 is 0 Å². The second kappa shape index (κ2) is 10.0. The number of carbonyl (C=O) groups excluding carboxylic acids is 1. The molecule has 4 aromatic rings. The standard InChI is InChI=1S/C27H28N4OS/c1-18-9-8-12-23(15-18)31-24(16-22-10-6-5-7-11-22)29-30-27(31)33-17-25(32)28-26-20(3)13-19(2)14-21(26)4/h5-15H,16-17H2,1-4H3,(H,28,32). The van der Waals surface area contributed by atoms with Crippen LogP contribution in [0.4, 0.5) is 5.69 Å². The molecule has 6 heteroatoms. The van der Waals surface area contributed by atoms with E-state index in [9.17, 15) is 4.79 Å². The molecule has 0 radical (unpaired) electrons. The molecule has 0 unspecified atom stereocenters. The van der Waals surface area contributed by atoms with Crippen molar-refractivity contribution in [3.8, 4) is 5.69 Å². The first-order valence-electron chi connectivity index (χ1n) is 11.0. The molecular formula is C27H28N4OS. The molecule has 33 heavy (non-hydrogen) atoms. The molecule has 0 fully saturated rings. The number of aromatic nitrogens is 3. The van der Waals surface area contributed by atoms with Gasteiger partial charge in [0.2, 0.25) is 5.91 Å². The van der Waals surface area contributed by atoms with Crippen molar-refractivity contribution < 1.29 is 4.79 Å². The third kappa shape index (κ3) is 5.52. The van der Waals surface area contributed by atoms with Gasteiger partial charge in [0.05, 0.1) is 5.75 Å². The van der Waals surface area contributed by atoms with E-state index in [1.54, 1.807) is 0 Å². The van der Waals surface area contributed by atoms with Crippen molar-refractivity contribution in [3.63, 3.8) is 0 Å². The predicted molar refractivity (Wildman–Crippen MR) is 135 cm³/mol. The topological polar surface area (TPSA) is 59.8 Å². The summed E-state index contributed by atoms with van der Waals surface area (Å²) in [7, 11) is 0. The van der Waals surface area contributed by atoms with Gasteiger partial charge in [-0.3, -0.25) is 9.36 Å². The van der Waals surface area contributed by atoms with E-state index in [-0.39, 0.29) is 11.7 Å². The molecule has 0 aliphatic heterocycles. The lowest BCUT2D eigenvalue weighted by atomic mass is 10.1. The molecule has 1 N–H and O–H groups in total. The summed E-state index contributed by atoms with van der Waals surface area (Å²) in [5.74, 6) is 1.04. The Labute approximate surface area is 199 Å². The van der Waals surface area contributed by atoms with E-state index in [2.05, 4.69) is 70.3 Å². The minimum atomic E-state index is -0.0570. The van der Waals surface area contributed by atoms with Gasteiger partial charge in [-0.05, 0) is 62.1 Å². The van der Waals surface area contributed by atoms with Crippen molar-refractivity contribution in [2.45, 2.75) is 39.3 Å². The number of nitrogens with one attached hydrogen (secondary N) is 1. The fraction of sp³-hybridized carbons (Fsp3) is 0.222. The highest BCUT2D eigenvalue weighted by Gasteiger charge is 2.17. The first-order chi connectivity index (χ1) is 15.9. The zero-order valence-electron chi connectivity index (χ0n) is 19.4. The molecule has 0 atom stereocenters. The predicted octanol–water partition coefficient (Wildman–Crippen LogP) is 5.82. The van der Waals surface area contributed by atoms with Crippen LogP contribution in [0.1, 0.15) is 33.6 Å². The highest BCUT2D eigenvalue weighted by atomic mass is 32.2. The first-order valence-corrected chi connectivity index (χ1v) is 11.9. The fourth-order valence-electron chi connectivity index (χ4n) is 4.00. The monoisotopic (exact) mass is 456 g/mol. The van der Waals surface area contributed by atoms with Crippen molar-refractivity contribution in [1.29, 1.82) is 0 Å². The maximum atomic E-state index is 12.8. The smallest absolute Gasteiger partial charge is 0.234 e. The fourth-order valence-corrected chi connectivity index (χ4v) is 4.77. The number of anilines is 1. The largest absolute Gasteiger partial charge is 0.325 e. The Balaban J connectivity index is 1.57. The normalized spacial score (nSPS) is 10.9. The molecule has 0 saturated heterocycles. The lowest BCUT2D eigenvalue weighted by molar-refractivity contribution is -0.113. The summed E-state index contributed by atoms with van der Waals surface area (Å²) < 4.78 is 2.06. The SMILES string of the molecule is Cc1cccc(-n2c(Cc3ccccc3)nnc2SCC(=O)Nc2c(C)cc(C)cc2C)c1. The number of nitrogens with zero attached hydrogens (tertiary/aromatic N) is 3. The zero-order valence-corrected chi connectivity index (χ0v) is 20.2. The van der Waals surface area contributed by atoms with Crippen LogP contribution >= 0.6 is 11.8 Å². The molecule has 1 aromatic heterocycles. The summed E-state index contributed by atoms with van der Waals surface area (Å²) >= 11 is 1.40. The average Bonchev–Trinajstić information content (AvgIpc) is 3.18. The van der Waals surface area contributed by atoms with E-state index in [0.29, 0.717) is 11.6 Å². The number of benzene rings is 3. The van der Waals surface area contributed by atoms with Crippen LogP contribution in [0.2, 0.25) is 0 Å². The first kappa shape index (κ1) is 22.8. The molecule has 0 aliphatic carbocycles. The molecule has 0 bridgehead atoms. The molecule has 3 aromatic carbocycles. The molecule has 1 amide bonds. The van der Waals surface area contributed by atoms with E-state index >= 15 is 0 Å². The summed E-state index contributed by atoms with van der Waals surface area (Å²) in [6.45, 7) is 8.17. The molecular weight excluding hydrogens is 428 g/mol. The molecule has 0 spiro atoms. The van der Waals surface area contributed by atoms with E-state index in [4.69, 9.17) is 0 Å². The van der Waals surface area contributed by atoms with Crippen molar-refractivity contribution in [3.05, 3.63) is 100 Å². The van der Waals surface area contributed by atoms with Crippen LogP contribution < -0.4 is 5.32 Å². The lowest BCUT2D eigenvalue weighted by Crippen LogP contribution is -2.16. The zero-order chi connectivity index (χ0) is 23.4. The minimum Gasteiger partial charge on any atom is -0.325 e. The van der Waals surface area contributed by atoms with Gasteiger partial charge in [0.15, 0.2) is 5.16 Å². The molecule has 1 heterocycles. The van der Waals surface area contributed by atoms with Crippen LogP contribution in [0, 0.1) is 27.7 Å². The van der Waals surface area contributed by atoms with Crippen LogP contribution in [-0.2, 0) is 11.2 Å². The molecule has 0 aliphatic rings. The molecule has 5 nitrogen and oxygen atoms in total. The summed E-state index contributed by atoms with van der Waals surface area (Å²) in [4.78, 5) is 12.8. The number of aryl methyl sites for hydroxylation is 4. The Morgan fingerprint density at radius 1 is 0.879 bits per heavy atom. The van der Waals surface area contributed by atoms with Crippen LogP contribution in [0.5, 0.6) is 0 Å². The Morgan fingerprint density at radius 2 is 1.61 bits per heavy atom. The number of thioether (sulfide) groups is 1. The van der Waals surface area contributed by atoms with Gasteiger partial charge < -0.3 is 5.32 Å². The summed E-state index contributed by atoms with van der Waals surface area (Å²) in [6, 6.07) is 22.7. The van der Waals surface area contributed by atoms with Gasteiger partial charge in [-0.1, -0.05) is 71.9 Å². The Kier molecular flexibility index (Phi) is 6.94. The second-order valence-electron chi connectivity index (χ2n) is 8.35. The van der Waals surface area contributed by atoms with Crippen LogP contribution in [0.15, 0.2) is 71.9 Å². The van der Waals surface area contributed by atoms with Crippen molar-refractivity contribution in [1.82, 2.24) is 14.8 Å². The van der Waals surface area contributed by atoms with Gasteiger partial charge in [-0.2, -0.15) is 0 Å². The molecule has 168 valence electrons. The quantitative estimate of drug-likeness (QED) is 0.356. The molecule has 0 saturated carbocycles. The number of rotatable bonds is 7. The minimum absolute atomic E-state index is 0.0570. The van der Waals surface area contributed by atoms with E-state index in [0.717, 1.165) is 33.9 Å². The maximum absolute atomic E-state index is 12.8. The number of hydrogen-bond acceptors (Lipinski definition) is 4. The Morgan fingerprint density at radius 3 is 2.30 bits per heavy atom. The summed E-state index contributed by atoms with van der Waals surface area (Å²) in [6.07, 6.45) is 0.663. The third-order valence-electron chi connectivity index (χ3n) is 5.44. The van der Waals surface area contributed by atoms with E-state index in [1.165, 1.54) is 22.9 Å². The summed E-state index contributed by atoms with van der Waals surface area (Å²) in [5, 5.41) is 12.7. The average molecular weight is 457 g/mol. The number of hydrogen-bond donors (Lipinski definition) is 1. The van der Waals surface area contributed by atoms with Gasteiger partial charge >= 0.3 is 0 Å². The van der Waals surface area contributed by atoms with E-state index in [1.807, 2.05) is 44.2 Å². The van der Waals surface area contributed by atoms with Gasteiger partial charge in [-0.25, -0.2) is 0 Å². The Bertz CT molecular complexity index is 1260. The van der Waals surface area contributed by atoms with Gasteiger partial charge in [0.1, 0.15) is 5.82 Å². The third-order valence-corrected chi connectivity index (χ3v) is 6.37. The second-order valence-corrected chi connectivity index (χ2v) is 9.29. The number of amides is 1. The van der Waals surface area contributed by atoms with Crippen LogP contribution in [0.25, 0.3) is 5.69 Å². The lowest BCUT2D eigenvalue weighted by Gasteiger charge is -2.13. The van der Waals surface area contributed by atoms with Crippen molar-refractivity contribution in [2.75, 3.05) is 11.1 Å². The van der Waals surface area contributed by atoms with Crippen molar-refractivity contribution >= 4 is 23.4 Å². The van der Waals surface area contributed by atoms with Gasteiger partial charge in [-0.15, -0.1) is 10.2 Å². The molecule has 4 rings (SSSR count). The number of carbonyl (C=O) groups is 1. The highest BCUT2D eigenvalue weighted by Crippen LogP contribution is 2.26. The summed E-state index contributed by atoms with van der Waals surface area (Å²) in [5.41, 5.74) is 7.53. The van der Waals surface area contributed by atoms with Crippen LogP contribution in [-0.4, -0.2) is 26.4 Å². The van der Waals surface area contributed by atoms with Gasteiger partial charge in [0.25, 0.3) is 0 Å².